The molecule has 0 aliphatic carbocycles. The van der Waals surface area contributed by atoms with Gasteiger partial charge in [0.1, 0.15) is 5.60 Å². The first-order valence-electron chi connectivity index (χ1n) is 5.10. The lowest BCUT2D eigenvalue weighted by atomic mass is 10.2. The Morgan fingerprint density at radius 2 is 2.07 bits per heavy atom. The molecule has 0 aromatic carbocycles. The summed E-state index contributed by atoms with van der Waals surface area (Å²) in [6.07, 6.45) is 3.38. The minimum absolute atomic E-state index is 0.0107. The smallest absolute Gasteiger partial charge is 0.410 e. The van der Waals surface area contributed by atoms with Crippen LogP contribution >= 0.6 is 0 Å². The third kappa shape index (κ3) is 6.12. The maximum absolute atomic E-state index is 11.6. The van der Waals surface area contributed by atoms with Crippen LogP contribution < -0.4 is 5.73 Å². The van der Waals surface area contributed by atoms with E-state index in [9.17, 15) is 4.79 Å². The monoisotopic (exact) mass is 214 g/mol. The topological polar surface area (TPSA) is 55.6 Å². The molecule has 0 spiro atoms. The van der Waals surface area contributed by atoms with Crippen molar-refractivity contribution in [3.05, 3.63) is 12.2 Å². The Morgan fingerprint density at radius 1 is 1.53 bits per heavy atom. The summed E-state index contributed by atoms with van der Waals surface area (Å²) < 4.78 is 5.22. The van der Waals surface area contributed by atoms with Crippen LogP contribution in [0.25, 0.3) is 0 Å². The Labute approximate surface area is 92.1 Å². The molecule has 0 aliphatic heterocycles. The van der Waals surface area contributed by atoms with Crippen LogP contribution in [0.3, 0.4) is 0 Å². The van der Waals surface area contributed by atoms with Crippen LogP contribution in [0.1, 0.15) is 27.7 Å². The lowest BCUT2D eigenvalue weighted by molar-refractivity contribution is 0.0266. The zero-order chi connectivity index (χ0) is 12.1. The van der Waals surface area contributed by atoms with Crippen molar-refractivity contribution in [1.82, 2.24) is 4.90 Å². The van der Waals surface area contributed by atoms with Crippen molar-refractivity contribution in [2.24, 2.45) is 5.73 Å². The van der Waals surface area contributed by atoms with Gasteiger partial charge in [-0.15, -0.1) is 0 Å². The highest BCUT2D eigenvalue weighted by molar-refractivity contribution is 5.68. The summed E-state index contributed by atoms with van der Waals surface area (Å²) >= 11 is 0. The SMILES string of the molecule is CC(/C=C/CN)N(C)C(=O)OC(C)(C)C. The second kappa shape index (κ2) is 5.75. The van der Waals surface area contributed by atoms with Crippen molar-refractivity contribution in [3.63, 3.8) is 0 Å². The van der Waals surface area contributed by atoms with Crippen LogP contribution in [0, 0.1) is 0 Å². The quantitative estimate of drug-likeness (QED) is 0.728. The third-order valence-electron chi connectivity index (χ3n) is 1.84. The first-order valence-corrected chi connectivity index (χ1v) is 5.10. The largest absolute Gasteiger partial charge is 0.444 e. The zero-order valence-electron chi connectivity index (χ0n) is 10.3. The molecular weight excluding hydrogens is 192 g/mol. The summed E-state index contributed by atoms with van der Waals surface area (Å²) in [7, 11) is 1.71. The van der Waals surface area contributed by atoms with Gasteiger partial charge in [-0.25, -0.2) is 4.79 Å². The summed E-state index contributed by atoms with van der Waals surface area (Å²) in [4.78, 5) is 13.1. The Bertz CT molecular complexity index is 231. The van der Waals surface area contributed by atoms with Gasteiger partial charge in [-0.1, -0.05) is 12.2 Å². The van der Waals surface area contributed by atoms with Gasteiger partial charge in [-0.05, 0) is 27.7 Å². The maximum Gasteiger partial charge on any atom is 0.410 e. The van der Waals surface area contributed by atoms with Crippen LogP contribution in [0.2, 0.25) is 0 Å². The number of hydrogen-bond donors (Lipinski definition) is 1. The van der Waals surface area contributed by atoms with E-state index < -0.39 is 5.60 Å². The lowest BCUT2D eigenvalue weighted by Crippen LogP contribution is -2.38. The normalized spacial score (nSPS) is 14.0. The molecular formula is C11H22N2O2. The molecule has 0 heterocycles. The fourth-order valence-electron chi connectivity index (χ4n) is 0.905. The van der Waals surface area contributed by atoms with Crippen LogP contribution in [0.5, 0.6) is 0 Å². The zero-order valence-corrected chi connectivity index (χ0v) is 10.3. The van der Waals surface area contributed by atoms with Gasteiger partial charge in [0.15, 0.2) is 0 Å². The molecule has 1 atom stereocenters. The number of nitrogens with two attached hydrogens (primary N) is 1. The van der Waals surface area contributed by atoms with Crippen LogP contribution in [-0.2, 0) is 4.74 Å². The van der Waals surface area contributed by atoms with E-state index in [0.29, 0.717) is 6.54 Å². The predicted octanol–water partition coefficient (Wildman–Crippen LogP) is 1.76. The van der Waals surface area contributed by atoms with E-state index in [1.807, 2.05) is 39.8 Å². The molecule has 0 fully saturated rings. The second-order valence-corrected chi connectivity index (χ2v) is 4.50. The van der Waals surface area contributed by atoms with E-state index in [0.717, 1.165) is 0 Å². The number of likely N-dealkylation sites (N-methyl/N-ethyl adjacent to an activating group) is 1. The first-order chi connectivity index (χ1) is 6.78. The highest BCUT2D eigenvalue weighted by Gasteiger charge is 2.21. The van der Waals surface area contributed by atoms with Gasteiger partial charge < -0.3 is 15.4 Å². The third-order valence-corrected chi connectivity index (χ3v) is 1.84. The van der Waals surface area contributed by atoms with Gasteiger partial charge in [-0.3, -0.25) is 0 Å². The highest BCUT2D eigenvalue weighted by atomic mass is 16.6. The summed E-state index contributed by atoms with van der Waals surface area (Å²) in [6, 6.07) is -0.0107. The van der Waals surface area contributed by atoms with Gasteiger partial charge in [0.05, 0.1) is 6.04 Å². The lowest BCUT2D eigenvalue weighted by Gasteiger charge is -2.27. The molecule has 1 amide bonds. The number of rotatable bonds is 3. The van der Waals surface area contributed by atoms with E-state index in [2.05, 4.69) is 0 Å². The Kier molecular flexibility index (Phi) is 5.36. The summed E-state index contributed by atoms with van der Waals surface area (Å²) in [5.74, 6) is 0. The van der Waals surface area contributed by atoms with Crippen molar-refractivity contribution < 1.29 is 9.53 Å². The molecule has 0 saturated carbocycles. The minimum Gasteiger partial charge on any atom is -0.444 e. The van der Waals surface area contributed by atoms with E-state index in [-0.39, 0.29) is 12.1 Å². The molecule has 0 aliphatic rings. The number of carbonyl (C=O) groups is 1. The average molecular weight is 214 g/mol. The molecule has 15 heavy (non-hydrogen) atoms. The summed E-state index contributed by atoms with van der Waals surface area (Å²) in [5, 5.41) is 0. The molecule has 1 unspecified atom stereocenters. The van der Waals surface area contributed by atoms with Crippen molar-refractivity contribution in [3.8, 4) is 0 Å². The molecule has 0 rings (SSSR count). The Balaban J connectivity index is 4.26. The Hall–Kier alpha value is -1.03. The number of nitrogens with zero attached hydrogens (tertiary/aromatic N) is 1. The summed E-state index contributed by atoms with van der Waals surface area (Å²) in [6.45, 7) is 7.93. The van der Waals surface area contributed by atoms with Crippen molar-refractivity contribution in [2.45, 2.75) is 39.3 Å². The number of ether oxygens (including phenoxy) is 1. The number of hydrogen-bond acceptors (Lipinski definition) is 3. The molecule has 4 heteroatoms. The van der Waals surface area contributed by atoms with Gasteiger partial charge in [0.2, 0.25) is 0 Å². The Morgan fingerprint density at radius 3 is 2.47 bits per heavy atom. The first kappa shape index (κ1) is 14.0. The molecule has 88 valence electrons. The fraction of sp³-hybridized carbons (Fsp3) is 0.727. The molecule has 0 saturated heterocycles. The minimum atomic E-state index is -0.456. The van der Waals surface area contributed by atoms with Gasteiger partial charge in [0.25, 0.3) is 0 Å². The number of carbonyl (C=O) groups excluding carboxylic acids is 1. The van der Waals surface area contributed by atoms with Crippen molar-refractivity contribution in [2.75, 3.05) is 13.6 Å². The van der Waals surface area contributed by atoms with Gasteiger partial charge >= 0.3 is 6.09 Å². The van der Waals surface area contributed by atoms with Crippen molar-refractivity contribution >= 4 is 6.09 Å². The van der Waals surface area contributed by atoms with Crippen LogP contribution in [0.4, 0.5) is 4.79 Å². The molecule has 4 nitrogen and oxygen atoms in total. The molecule has 0 aromatic heterocycles. The standard InChI is InChI=1S/C11H22N2O2/c1-9(7-6-8-12)13(5)10(14)15-11(2,3)4/h6-7,9H,8,12H2,1-5H3/b7-6+. The number of amides is 1. The van der Waals surface area contributed by atoms with Crippen LogP contribution in [0.15, 0.2) is 12.2 Å². The van der Waals surface area contributed by atoms with Gasteiger partial charge in [0, 0.05) is 13.6 Å². The second-order valence-electron chi connectivity index (χ2n) is 4.50. The molecule has 2 N–H and O–H groups in total. The maximum atomic E-state index is 11.6. The fourth-order valence-corrected chi connectivity index (χ4v) is 0.905. The molecule has 0 bridgehead atoms. The molecule has 0 radical (unpaired) electrons. The summed E-state index contributed by atoms with van der Waals surface area (Å²) in [5.41, 5.74) is 4.88. The van der Waals surface area contributed by atoms with E-state index >= 15 is 0 Å². The van der Waals surface area contributed by atoms with Gasteiger partial charge in [-0.2, -0.15) is 0 Å². The van der Waals surface area contributed by atoms with E-state index in [1.54, 1.807) is 7.05 Å². The highest BCUT2D eigenvalue weighted by Crippen LogP contribution is 2.10. The molecule has 0 aromatic rings. The van der Waals surface area contributed by atoms with E-state index in [1.165, 1.54) is 4.90 Å². The predicted molar refractivity (Wildman–Crippen MR) is 61.7 cm³/mol. The van der Waals surface area contributed by atoms with E-state index in [4.69, 9.17) is 10.5 Å². The van der Waals surface area contributed by atoms with Crippen LogP contribution in [-0.4, -0.2) is 36.2 Å². The van der Waals surface area contributed by atoms with Crippen molar-refractivity contribution in [1.29, 1.82) is 0 Å². The average Bonchev–Trinajstić information content (AvgIpc) is 2.10.